The lowest BCUT2D eigenvalue weighted by molar-refractivity contribution is 0.0955. The molecule has 0 bridgehead atoms. The second kappa shape index (κ2) is 6.31. The zero-order valence-electron chi connectivity index (χ0n) is 13.0. The number of carbonyl (C=O) groups is 1. The highest BCUT2D eigenvalue weighted by Crippen LogP contribution is 2.22. The van der Waals surface area contributed by atoms with Gasteiger partial charge in [0.05, 0.1) is 18.8 Å². The topological polar surface area (TPSA) is 76.2 Å². The summed E-state index contributed by atoms with van der Waals surface area (Å²) in [5.41, 5.74) is 0.461. The maximum atomic E-state index is 11.6. The molecule has 3 rings (SSSR count). The molecule has 1 saturated heterocycles. The van der Waals surface area contributed by atoms with Gasteiger partial charge in [-0.25, -0.2) is 4.98 Å². The van der Waals surface area contributed by atoms with Crippen LogP contribution in [0, 0.1) is 6.92 Å². The maximum absolute atomic E-state index is 11.6. The van der Waals surface area contributed by atoms with Crippen molar-refractivity contribution in [3.05, 3.63) is 35.8 Å². The zero-order valence-corrected chi connectivity index (χ0v) is 13.0. The van der Waals surface area contributed by atoms with Gasteiger partial charge in [0, 0.05) is 19.8 Å². The molecule has 0 aromatic carbocycles. The van der Waals surface area contributed by atoms with Gasteiger partial charge in [0.2, 0.25) is 5.89 Å². The van der Waals surface area contributed by atoms with E-state index in [1.807, 2.05) is 17.8 Å². The highest BCUT2D eigenvalue weighted by molar-refractivity contribution is 5.91. The number of nitrogens with one attached hydrogen (secondary N) is 1. The Balaban J connectivity index is 1.65. The second-order valence-electron chi connectivity index (χ2n) is 5.66. The van der Waals surface area contributed by atoms with Gasteiger partial charge in [-0.3, -0.25) is 14.4 Å². The lowest BCUT2D eigenvalue weighted by Crippen LogP contribution is -2.36. The molecule has 7 heteroatoms. The summed E-state index contributed by atoms with van der Waals surface area (Å²) in [6.07, 6.45) is 5.80. The summed E-state index contributed by atoms with van der Waals surface area (Å²) in [6, 6.07) is 2.04. The molecule has 1 aliphatic rings. The van der Waals surface area contributed by atoms with Gasteiger partial charge >= 0.3 is 0 Å². The number of rotatable bonds is 4. The highest BCUT2D eigenvalue weighted by atomic mass is 16.4. The largest absolute Gasteiger partial charge is 0.445 e. The molecule has 2 aromatic heterocycles. The predicted octanol–water partition coefficient (Wildman–Crippen LogP) is 1.38. The molecule has 118 valence electrons. The molecule has 0 saturated carbocycles. The van der Waals surface area contributed by atoms with Crippen molar-refractivity contribution < 1.29 is 9.21 Å². The van der Waals surface area contributed by atoms with Gasteiger partial charge in [0.1, 0.15) is 11.5 Å². The predicted molar refractivity (Wildman–Crippen MR) is 80.4 cm³/mol. The molecule has 22 heavy (non-hydrogen) atoms. The lowest BCUT2D eigenvalue weighted by Gasteiger charge is -2.31. The molecule has 1 atom stereocenters. The zero-order chi connectivity index (χ0) is 15.5. The summed E-state index contributed by atoms with van der Waals surface area (Å²) in [5.74, 6) is 1.44. The molecule has 1 aliphatic heterocycles. The van der Waals surface area contributed by atoms with Crippen LogP contribution in [-0.4, -0.2) is 45.7 Å². The minimum absolute atomic E-state index is 0.151. The van der Waals surface area contributed by atoms with Crippen LogP contribution in [0.5, 0.6) is 0 Å². The van der Waals surface area contributed by atoms with Crippen molar-refractivity contribution in [3.63, 3.8) is 0 Å². The first kappa shape index (κ1) is 14.8. The first-order valence-corrected chi connectivity index (χ1v) is 7.56. The average Bonchev–Trinajstić information content (AvgIpc) is 3.16. The van der Waals surface area contributed by atoms with Crippen molar-refractivity contribution in [2.75, 3.05) is 20.1 Å². The third-order valence-electron chi connectivity index (χ3n) is 3.95. The van der Waals surface area contributed by atoms with E-state index in [1.165, 1.54) is 0 Å². The van der Waals surface area contributed by atoms with E-state index in [1.54, 1.807) is 19.3 Å². The third kappa shape index (κ3) is 3.19. The fourth-order valence-electron chi connectivity index (χ4n) is 2.85. The highest BCUT2D eigenvalue weighted by Gasteiger charge is 2.23. The van der Waals surface area contributed by atoms with Crippen LogP contribution < -0.4 is 5.32 Å². The molecule has 3 heterocycles. The molecular weight excluding hydrogens is 282 g/mol. The average molecular weight is 303 g/mol. The van der Waals surface area contributed by atoms with Gasteiger partial charge in [0.15, 0.2) is 0 Å². The maximum Gasteiger partial charge on any atom is 0.271 e. The number of nitrogens with zero attached hydrogens (tertiary/aromatic N) is 4. The van der Waals surface area contributed by atoms with Crippen LogP contribution in [0.2, 0.25) is 0 Å². The molecule has 0 unspecified atom stereocenters. The van der Waals surface area contributed by atoms with Crippen LogP contribution in [-0.2, 0) is 6.54 Å². The number of piperidine rings is 1. The summed E-state index contributed by atoms with van der Waals surface area (Å²) >= 11 is 0. The third-order valence-corrected chi connectivity index (χ3v) is 3.95. The Morgan fingerprint density at radius 3 is 3.14 bits per heavy atom. The van der Waals surface area contributed by atoms with E-state index in [2.05, 4.69) is 20.3 Å². The number of hydrogen-bond donors (Lipinski definition) is 1. The Morgan fingerprint density at radius 2 is 2.41 bits per heavy atom. The van der Waals surface area contributed by atoms with Crippen molar-refractivity contribution in [3.8, 4) is 0 Å². The van der Waals surface area contributed by atoms with Crippen LogP contribution in [0.15, 0.2) is 22.9 Å². The number of likely N-dealkylation sites (tertiary alicyclic amines) is 1. The summed E-state index contributed by atoms with van der Waals surface area (Å²) in [5, 5.41) is 6.98. The summed E-state index contributed by atoms with van der Waals surface area (Å²) < 4.78 is 7.45. The van der Waals surface area contributed by atoms with E-state index >= 15 is 0 Å². The molecule has 7 nitrogen and oxygen atoms in total. The van der Waals surface area contributed by atoms with E-state index in [-0.39, 0.29) is 11.9 Å². The van der Waals surface area contributed by atoms with Crippen LogP contribution in [0.4, 0.5) is 0 Å². The number of oxazole rings is 1. The van der Waals surface area contributed by atoms with Crippen LogP contribution in [0.25, 0.3) is 0 Å². The molecule has 0 aliphatic carbocycles. The summed E-state index contributed by atoms with van der Waals surface area (Å²) in [4.78, 5) is 18.2. The molecule has 0 radical (unpaired) electrons. The van der Waals surface area contributed by atoms with Crippen molar-refractivity contribution in [1.82, 2.24) is 25.0 Å². The smallest absolute Gasteiger partial charge is 0.271 e. The Kier molecular flexibility index (Phi) is 4.24. The Morgan fingerprint density at radius 1 is 1.55 bits per heavy atom. The van der Waals surface area contributed by atoms with E-state index in [9.17, 15) is 4.79 Å². The Hall–Kier alpha value is -2.15. The first-order valence-electron chi connectivity index (χ1n) is 7.56. The minimum atomic E-state index is -0.151. The molecule has 1 fully saturated rings. The van der Waals surface area contributed by atoms with Gasteiger partial charge in [-0.2, -0.15) is 5.10 Å². The number of amides is 1. The Labute approximate surface area is 129 Å². The van der Waals surface area contributed by atoms with Crippen molar-refractivity contribution >= 4 is 5.91 Å². The van der Waals surface area contributed by atoms with Crippen LogP contribution in [0.1, 0.15) is 41.0 Å². The Bertz CT molecular complexity index is 648. The quantitative estimate of drug-likeness (QED) is 0.923. The van der Waals surface area contributed by atoms with Gasteiger partial charge in [0.25, 0.3) is 5.91 Å². The van der Waals surface area contributed by atoms with E-state index in [0.29, 0.717) is 12.2 Å². The van der Waals surface area contributed by atoms with Gasteiger partial charge in [-0.15, -0.1) is 0 Å². The molecule has 1 amide bonds. The lowest BCUT2D eigenvalue weighted by atomic mass is 10.1. The van der Waals surface area contributed by atoms with Gasteiger partial charge in [-0.05, 0) is 32.4 Å². The van der Waals surface area contributed by atoms with Gasteiger partial charge in [-0.1, -0.05) is 0 Å². The fraction of sp³-hybridized carbons (Fsp3) is 0.533. The number of hydrogen-bond acceptors (Lipinski definition) is 5. The van der Waals surface area contributed by atoms with Gasteiger partial charge < -0.3 is 9.73 Å². The number of aryl methyl sites for hydroxylation is 1. The van der Waals surface area contributed by atoms with Crippen molar-refractivity contribution in [2.24, 2.45) is 0 Å². The van der Waals surface area contributed by atoms with Crippen molar-refractivity contribution in [2.45, 2.75) is 32.4 Å². The minimum Gasteiger partial charge on any atom is -0.445 e. The fourth-order valence-corrected chi connectivity index (χ4v) is 2.85. The van der Waals surface area contributed by atoms with E-state index in [4.69, 9.17) is 4.42 Å². The molecule has 0 spiro atoms. The SMILES string of the molecule is CNC(=O)c1ccn([C@@H]2CCCN(Cc3ncc(C)o3)C2)n1. The second-order valence-corrected chi connectivity index (χ2v) is 5.66. The summed E-state index contributed by atoms with van der Waals surface area (Å²) in [7, 11) is 1.61. The number of aromatic nitrogens is 3. The normalized spacial score (nSPS) is 19.3. The monoisotopic (exact) mass is 303 g/mol. The van der Waals surface area contributed by atoms with E-state index < -0.39 is 0 Å². The first-order chi connectivity index (χ1) is 10.7. The molecule has 2 aromatic rings. The standard InChI is InChI=1S/C15H21N5O2/c1-11-8-17-14(22-11)10-19-6-3-4-12(9-19)20-7-5-13(18-20)15(21)16-2/h5,7-8,12H,3-4,6,9-10H2,1-2H3,(H,16,21)/t12-/m1/s1. The molecule has 1 N–H and O–H groups in total. The van der Waals surface area contributed by atoms with E-state index in [0.717, 1.165) is 37.6 Å². The molecular formula is C15H21N5O2. The number of carbonyl (C=O) groups excluding carboxylic acids is 1. The summed E-state index contributed by atoms with van der Waals surface area (Å²) in [6.45, 7) is 4.53. The van der Waals surface area contributed by atoms with Crippen LogP contribution >= 0.6 is 0 Å². The van der Waals surface area contributed by atoms with Crippen molar-refractivity contribution in [1.29, 1.82) is 0 Å². The van der Waals surface area contributed by atoms with Crippen LogP contribution in [0.3, 0.4) is 0 Å².